The highest BCUT2D eigenvalue weighted by Crippen LogP contribution is 2.40. The lowest BCUT2D eigenvalue weighted by Crippen LogP contribution is -2.35. The zero-order chi connectivity index (χ0) is 37.6. The molecule has 5 aromatic rings. The summed E-state index contributed by atoms with van der Waals surface area (Å²) >= 11 is 0. The van der Waals surface area contributed by atoms with Crippen molar-refractivity contribution >= 4 is 28.6 Å². The van der Waals surface area contributed by atoms with Gasteiger partial charge in [-0.15, -0.1) is 0 Å². The first-order chi connectivity index (χ1) is 26.2. The molecule has 2 amide bonds. The van der Waals surface area contributed by atoms with Gasteiger partial charge in [0.05, 0.1) is 17.3 Å². The molecule has 4 atom stereocenters. The van der Waals surface area contributed by atoms with Gasteiger partial charge in [0.1, 0.15) is 11.9 Å². The second kappa shape index (κ2) is 16.7. The maximum Gasteiger partial charge on any atom is 0.411 e. The molecule has 11 nitrogen and oxygen atoms in total. The van der Waals surface area contributed by atoms with Gasteiger partial charge in [-0.1, -0.05) is 66.7 Å². The maximum absolute atomic E-state index is 13.1. The van der Waals surface area contributed by atoms with Crippen LogP contribution < -0.4 is 16.2 Å². The predicted octanol–water partition coefficient (Wildman–Crippen LogP) is 5.80. The number of rotatable bonds is 13. The van der Waals surface area contributed by atoms with Crippen LogP contribution in [-0.2, 0) is 11.2 Å². The van der Waals surface area contributed by atoms with Crippen molar-refractivity contribution < 1.29 is 24.5 Å². The second-order valence-corrected chi connectivity index (χ2v) is 14.5. The SMILES string of the molecule is CN(CCNC[C@H](O)c1ccc(O)c2[nH]c(=O)ccc12)C(=O)c1ccc(CCN2C[C@H]3C[C@H](OC(=O)Nc4ccccc4-c4ccccc4)C[C@H]3C2)cc1. The van der Waals surface area contributed by atoms with E-state index in [4.69, 9.17) is 4.74 Å². The summed E-state index contributed by atoms with van der Waals surface area (Å²) in [4.78, 5) is 44.4. The number of amides is 2. The largest absolute Gasteiger partial charge is 0.506 e. The molecule has 7 rings (SSSR count). The molecule has 0 bridgehead atoms. The number of aromatic amines is 1. The zero-order valence-electron chi connectivity index (χ0n) is 30.4. The number of hydrogen-bond donors (Lipinski definition) is 5. The number of aliphatic hydroxyl groups excluding tert-OH is 1. The number of hydrogen-bond acceptors (Lipinski definition) is 8. The third kappa shape index (κ3) is 8.65. The Morgan fingerprint density at radius 2 is 1.65 bits per heavy atom. The van der Waals surface area contributed by atoms with Crippen LogP contribution in [0.15, 0.2) is 108 Å². The highest BCUT2D eigenvalue weighted by Gasteiger charge is 2.42. The molecule has 4 aromatic carbocycles. The standard InChI is InChI=1S/C43H47N5O6/c1-47(22-20-44-25-39(50)35-15-17-38(49)41-36(35)16-18-40(51)46-41)42(52)30-13-11-28(12-14-30)19-21-48-26-31-23-33(24-32(31)27-48)54-43(53)45-37-10-6-5-9-34(37)29-7-3-2-4-8-29/h2-18,31-33,39,44,49-50H,19-27H2,1H3,(H,45,53)(H,46,51)/t31-,32+,33+,39-/m0/s1. The molecule has 1 aliphatic carbocycles. The van der Waals surface area contributed by atoms with E-state index >= 15 is 0 Å². The molecule has 0 unspecified atom stereocenters. The van der Waals surface area contributed by atoms with E-state index < -0.39 is 12.2 Å². The lowest BCUT2D eigenvalue weighted by Gasteiger charge is -2.20. The van der Waals surface area contributed by atoms with Crippen molar-refractivity contribution in [1.29, 1.82) is 0 Å². The first-order valence-corrected chi connectivity index (χ1v) is 18.6. The minimum atomic E-state index is -0.869. The van der Waals surface area contributed by atoms with Crippen LogP contribution in [0, 0.1) is 11.8 Å². The molecule has 5 N–H and O–H groups in total. The van der Waals surface area contributed by atoms with E-state index in [2.05, 4.69) is 20.5 Å². The number of ether oxygens (including phenoxy) is 1. The minimum absolute atomic E-state index is 0.0550. The lowest BCUT2D eigenvalue weighted by atomic mass is 10.0. The van der Waals surface area contributed by atoms with E-state index in [0.717, 1.165) is 55.7 Å². The van der Waals surface area contributed by atoms with Crippen molar-refractivity contribution in [2.45, 2.75) is 31.5 Å². The van der Waals surface area contributed by atoms with Crippen molar-refractivity contribution in [3.63, 3.8) is 0 Å². The van der Waals surface area contributed by atoms with Crippen LogP contribution in [0.25, 0.3) is 22.0 Å². The summed E-state index contributed by atoms with van der Waals surface area (Å²) in [5, 5.41) is 27.6. The third-order valence-electron chi connectivity index (χ3n) is 10.8. The van der Waals surface area contributed by atoms with Crippen LogP contribution in [0.1, 0.15) is 40.4 Å². The molecule has 280 valence electrons. The lowest BCUT2D eigenvalue weighted by molar-refractivity contribution is 0.0794. The average Bonchev–Trinajstić information content (AvgIpc) is 3.74. The number of phenols is 1. The van der Waals surface area contributed by atoms with E-state index in [9.17, 15) is 24.6 Å². The number of aliphatic hydroxyl groups is 1. The first-order valence-electron chi connectivity index (χ1n) is 18.6. The second-order valence-electron chi connectivity index (χ2n) is 14.5. The summed E-state index contributed by atoms with van der Waals surface area (Å²) in [6.07, 6.45) is 1.32. The molecular formula is C43H47N5O6. The third-order valence-corrected chi connectivity index (χ3v) is 10.8. The summed E-state index contributed by atoms with van der Waals surface area (Å²) in [6.45, 7) is 4.12. The van der Waals surface area contributed by atoms with E-state index in [1.807, 2.05) is 78.9 Å². The number of nitrogens with zero attached hydrogens (tertiary/aromatic N) is 2. The number of aromatic nitrogens is 1. The van der Waals surface area contributed by atoms with Crippen LogP contribution in [0.5, 0.6) is 5.75 Å². The molecule has 11 heteroatoms. The van der Waals surface area contributed by atoms with Gasteiger partial charge in [-0.25, -0.2) is 4.79 Å². The number of anilines is 1. The van der Waals surface area contributed by atoms with Gasteiger partial charge < -0.3 is 35.1 Å². The molecule has 1 saturated heterocycles. The summed E-state index contributed by atoms with van der Waals surface area (Å²) in [7, 11) is 1.76. The fourth-order valence-corrected chi connectivity index (χ4v) is 7.94. The Morgan fingerprint density at radius 1 is 0.926 bits per heavy atom. The molecule has 1 aliphatic heterocycles. The minimum Gasteiger partial charge on any atom is -0.506 e. The van der Waals surface area contributed by atoms with Gasteiger partial charge in [-0.2, -0.15) is 0 Å². The Balaban J connectivity index is 0.808. The van der Waals surface area contributed by atoms with E-state index in [0.29, 0.717) is 47.0 Å². The van der Waals surface area contributed by atoms with Crippen molar-refractivity contribution in [2.24, 2.45) is 11.8 Å². The van der Waals surface area contributed by atoms with Crippen molar-refractivity contribution in [2.75, 3.05) is 51.6 Å². The predicted molar refractivity (Wildman–Crippen MR) is 210 cm³/mol. The van der Waals surface area contributed by atoms with Gasteiger partial charge in [0.25, 0.3) is 5.91 Å². The Hall–Kier alpha value is -5.49. The van der Waals surface area contributed by atoms with E-state index in [1.54, 1.807) is 24.1 Å². The molecule has 2 aliphatic rings. The monoisotopic (exact) mass is 729 g/mol. The van der Waals surface area contributed by atoms with Crippen LogP contribution >= 0.6 is 0 Å². The van der Waals surface area contributed by atoms with Crippen LogP contribution in [0.4, 0.5) is 10.5 Å². The number of nitrogens with one attached hydrogen (secondary N) is 3. The number of aromatic hydroxyl groups is 1. The molecule has 1 saturated carbocycles. The van der Waals surface area contributed by atoms with Gasteiger partial charge in [0.2, 0.25) is 5.56 Å². The number of likely N-dealkylation sites (tertiary alicyclic amines) is 1. The molecule has 2 heterocycles. The number of carbonyl (C=O) groups excluding carboxylic acids is 2. The van der Waals surface area contributed by atoms with Gasteiger partial charge in [-0.3, -0.25) is 14.9 Å². The molecular weight excluding hydrogens is 683 g/mol. The number of phenolic OH excluding ortho intramolecular Hbond substituents is 1. The Kier molecular flexibility index (Phi) is 11.4. The summed E-state index contributed by atoms with van der Waals surface area (Å²) in [5.74, 6) is 0.913. The average molecular weight is 730 g/mol. The highest BCUT2D eigenvalue weighted by atomic mass is 16.6. The van der Waals surface area contributed by atoms with E-state index in [1.165, 1.54) is 17.7 Å². The molecule has 2 fully saturated rings. The highest BCUT2D eigenvalue weighted by molar-refractivity contribution is 5.94. The van der Waals surface area contributed by atoms with Crippen molar-refractivity contribution in [3.8, 4) is 16.9 Å². The van der Waals surface area contributed by atoms with E-state index in [-0.39, 0.29) is 29.9 Å². The topological polar surface area (TPSA) is 147 Å². The summed E-state index contributed by atoms with van der Waals surface area (Å²) in [5.41, 5.74) is 5.10. The molecule has 54 heavy (non-hydrogen) atoms. The van der Waals surface area contributed by atoms with Gasteiger partial charge in [0, 0.05) is 68.9 Å². The number of pyridine rings is 1. The van der Waals surface area contributed by atoms with Gasteiger partial charge >= 0.3 is 6.09 Å². The quantitative estimate of drug-likeness (QED) is 0.0957. The van der Waals surface area contributed by atoms with Gasteiger partial charge in [-0.05, 0) is 78.1 Å². The van der Waals surface area contributed by atoms with Crippen LogP contribution in [0.3, 0.4) is 0 Å². The van der Waals surface area contributed by atoms with Crippen molar-refractivity contribution in [1.82, 2.24) is 20.1 Å². The maximum atomic E-state index is 13.1. The molecule has 0 radical (unpaired) electrons. The Bertz CT molecular complexity index is 2120. The Morgan fingerprint density at radius 3 is 2.41 bits per heavy atom. The number of benzene rings is 4. The van der Waals surface area contributed by atoms with Crippen molar-refractivity contribution in [3.05, 3.63) is 130 Å². The fraction of sp³-hybridized carbons (Fsp3) is 0.326. The summed E-state index contributed by atoms with van der Waals surface area (Å²) in [6, 6.07) is 31.7. The zero-order valence-corrected chi connectivity index (χ0v) is 30.4. The molecule has 1 aromatic heterocycles. The Labute approximate surface area is 314 Å². The normalized spacial score (nSPS) is 18.7. The number of fused-ring (bicyclic) bond motifs is 2. The number of para-hydroxylation sites is 1. The number of carbonyl (C=O) groups is 2. The number of H-pyrrole nitrogens is 1. The fourth-order valence-electron chi connectivity index (χ4n) is 7.94. The van der Waals surface area contributed by atoms with Gasteiger partial charge in [0.15, 0.2) is 0 Å². The van der Waals surface area contributed by atoms with Crippen LogP contribution in [-0.4, -0.2) is 89.4 Å². The molecule has 0 spiro atoms. The smallest absolute Gasteiger partial charge is 0.411 e. The van der Waals surface area contributed by atoms with Crippen LogP contribution in [0.2, 0.25) is 0 Å². The summed E-state index contributed by atoms with van der Waals surface area (Å²) < 4.78 is 5.90. The first kappa shape index (κ1) is 36.9. The number of likely N-dealkylation sites (N-methyl/N-ethyl adjacent to an activating group) is 1.